The Bertz CT molecular complexity index is 267. The largest absolute Gasteiger partial charge is 0.383 e. The van der Waals surface area contributed by atoms with Crippen LogP contribution in [0.5, 0.6) is 0 Å². The van der Waals surface area contributed by atoms with Gasteiger partial charge in [-0.3, -0.25) is 0 Å². The third-order valence-corrected chi connectivity index (χ3v) is 1.60. The van der Waals surface area contributed by atoms with Crippen LogP contribution in [-0.2, 0) is 4.74 Å². The molecule has 0 aliphatic heterocycles. The molecule has 0 spiro atoms. The lowest BCUT2D eigenvalue weighted by Gasteiger charge is -2.06. The normalized spacial score (nSPS) is 9.86. The van der Waals surface area contributed by atoms with Crippen molar-refractivity contribution in [3.8, 4) is 0 Å². The summed E-state index contributed by atoms with van der Waals surface area (Å²) in [7, 11) is 1.67. The quantitative estimate of drug-likeness (QED) is 0.664. The van der Waals surface area contributed by atoms with E-state index < -0.39 is 0 Å². The topological polar surface area (TPSA) is 59.1 Å². The smallest absolute Gasteiger partial charge is 0.224 e. The van der Waals surface area contributed by atoms with Gasteiger partial charge in [-0.2, -0.15) is 4.98 Å². The summed E-state index contributed by atoms with van der Waals surface area (Å²) in [6, 6.07) is 1.83. The summed E-state index contributed by atoms with van der Waals surface area (Å²) in [5.41, 5.74) is 0. The van der Waals surface area contributed by atoms with E-state index in [1.807, 2.05) is 13.0 Å². The van der Waals surface area contributed by atoms with Gasteiger partial charge < -0.3 is 15.4 Å². The van der Waals surface area contributed by atoms with Crippen molar-refractivity contribution in [3.05, 3.63) is 12.3 Å². The van der Waals surface area contributed by atoms with Gasteiger partial charge in [0.15, 0.2) is 0 Å². The number of hydrogen-bond donors (Lipinski definition) is 2. The lowest BCUT2D eigenvalue weighted by atomic mass is 10.5. The SMILES string of the molecule is CCNc1nccc(NCCOC)n1. The molecule has 0 atom stereocenters. The van der Waals surface area contributed by atoms with Gasteiger partial charge in [-0.05, 0) is 13.0 Å². The molecule has 0 aliphatic carbocycles. The molecular formula is C9H16N4O. The van der Waals surface area contributed by atoms with Gasteiger partial charge in [0.05, 0.1) is 6.61 Å². The number of nitrogens with one attached hydrogen (secondary N) is 2. The molecule has 1 rings (SSSR count). The fraction of sp³-hybridized carbons (Fsp3) is 0.556. The molecule has 0 fully saturated rings. The molecule has 0 unspecified atom stereocenters. The Morgan fingerprint density at radius 3 is 3.00 bits per heavy atom. The molecule has 0 radical (unpaired) electrons. The number of anilines is 2. The summed E-state index contributed by atoms with van der Waals surface area (Å²) in [5.74, 6) is 1.46. The zero-order valence-corrected chi connectivity index (χ0v) is 8.58. The monoisotopic (exact) mass is 196 g/mol. The Morgan fingerprint density at radius 1 is 1.43 bits per heavy atom. The Balaban J connectivity index is 2.46. The van der Waals surface area contributed by atoms with Crippen molar-refractivity contribution in [1.82, 2.24) is 9.97 Å². The minimum Gasteiger partial charge on any atom is -0.383 e. The molecule has 2 N–H and O–H groups in total. The van der Waals surface area contributed by atoms with Crippen LogP contribution in [-0.4, -0.2) is 36.8 Å². The standard InChI is InChI=1S/C9H16N4O/c1-3-10-9-12-5-4-8(13-9)11-6-7-14-2/h4-5H,3,6-7H2,1-2H3,(H2,10,11,12,13). The summed E-state index contributed by atoms with van der Waals surface area (Å²) >= 11 is 0. The van der Waals surface area contributed by atoms with Crippen molar-refractivity contribution in [3.63, 3.8) is 0 Å². The first-order chi connectivity index (χ1) is 6.86. The second-order valence-electron chi connectivity index (χ2n) is 2.72. The van der Waals surface area contributed by atoms with Crippen molar-refractivity contribution in [2.45, 2.75) is 6.92 Å². The lowest BCUT2D eigenvalue weighted by molar-refractivity contribution is 0.210. The van der Waals surface area contributed by atoms with Crippen molar-refractivity contribution >= 4 is 11.8 Å². The Hall–Kier alpha value is -1.36. The summed E-state index contributed by atoms with van der Waals surface area (Å²) in [6.07, 6.45) is 1.72. The highest BCUT2D eigenvalue weighted by molar-refractivity contribution is 5.39. The van der Waals surface area contributed by atoms with E-state index in [2.05, 4.69) is 20.6 Å². The summed E-state index contributed by atoms with van der Waals surface area (Å²) in [4.78, 5) is 8.31. The van der Waals surface area contributed by atoms with Crippen LogP contribution in [0, 0.1) is 0 Å². The predicted molar refractivity (Wildman–Crippen MR) is 56.6 cm³/mol. The van der Waals surface area contributed by atoms with Crippen LogP contribution < -0.4 is 10.6 Å². The minimum absolute atomic E-state index is 0.648. The molecule has 14 heavy (non-hydrogen) atoms. The Kier molecular flexibility index (Phi) is 4.71. The molecule has 1 heterocycles. The number of ether oxygens (including phenoxy) is 1. The van der Waals surface area contributed by atoms with Gasteiger partial charge in [0.1, 0.15) is 5.82 Å². The molecule has 1 aromatic rings. The first-order valence-corrected chi connectivity index (χ1v) is 4.66. The molecule has 78 valence electrons. The van der Waals surface area contributed by atoms with Crippen LogP contribution in [0.25, 0.3) is 0 Å². The average Bonchev–Trinajstić information content (AvgIpc) is 2.19. The maximum Gasteiger partial charge on any atom is 0.224 e. The summed E-state index contributed by atoms with van der Waals surface area (Å²) in [5, 5.41) is 6.17. The first-order valence-electron chi connectivity index (χ1n) is 4.66. The second-order valence-corrected chi connectivity index (χ2v) is 2.72. The van der Waals surface area contributed by atoms with E-state index in [-0.39, 0.29) is 0 Å². The Labute approximate surface area is 83.9 Å². The zero-order valence-electron chi connectivity index (χ0n) is 8.58. The molecule has 0 aliphatic rings. The van der Waals surface area contributed by atoms with Gasteiger partial charge in [-0.1, -0.05) is 0 Å². The van der Waals surface area contributed by atoms with E-state index in [0.29, 0.717) is 12.6 Å². The highest BCUT2D eigenvalue weighted by Crippen LogP contribution is 2.04. The predicted octanol–water partition coefficient (Wildman–Crippen LogP) is 0.967. The average molecular weight is 196 g/mol. The van der Waals surface area contributed by atoms with Crippen molar-refractivity contribution in [2.75, 3.05) is 37.4 Å². The number of rotatable bonds is 6. The lowest BCUT2D eigenvalue weighted by Crippen LogP contribution is -2.10. The molecule has 0 bridgehead atoms. The van der Waals surface area contributed by atoms with Gasteiger partial charge in [0.25, 0.3) is 0 Å². The van der Waals surface area contributed by atoms with Gasteiger partial charge in [0, 0.05) is 26.4 Å². The van der Waals surface area contributed by atoms with Crippen molar-refractivity contribution in [2.24, 2.45) is 0 Å². The molecule has 0 saturated carbocycles. The number of methoxy groups -OCH3 is 1. The van der Waals surface area contributed by atoms with E-state index in [1.54, 1.807) is 13.3 Å². The molecule has 5 nitrogen and oxygen atoms in total. The van der Waals surface area contributed by atoms with Gasteiger partial charge in [0.2, 0.25) is 5.95 Å². The van der Waals surface area contributed by atoms with Crippen LogP contribution >= 0.6 is 0 Å². The van der Waals surface area contributed by atoms with E-state index in [9.17, 15) is 0 Å². The molecule has 1 aromatic heterocycles. The maximum atomic E-state index is 4.92. The highest BCUT2D eigenvalue weighted by atomic mass is 16.5. The van der Waals surface area contributed by atoms with Gasteiger partial charge in [-0.25, -0.2) is 4.98 Å². The molecule has 0 aromatic carbocycles. The molecule has 0 saturated heterocycles. The number of hydrogen-bond acceptors (Lipinski definition) is 5. The molecular weight excluding hydrogens is 180 g/mol. The fourth-order valence-electron chi connectivity index (χ4n) is 0.982. The zero-order chi connectivity index (χ0) is 10.2. The van der Waals surface area contributed by atoms with Gasteiger partial charge in [-0.15, -0.1) is 0 Å². The van der Waals surface area contributed by atoms with Crippen LogP contribution in [0.4, 0.5) is 11.8 Å². The fourth-order valence-corrected chi connectivity index (χ4v) is 0.982. The summed E-state index contributed by atoms with van der Waals surface area (Å²) < 4.78 is 4.92. The highest BCUT2D eigenvalue weighted by Gasteiger charge is 1.96. The van der Waals surface area contributed by atoms with E-state index in [4.69, 9.17) is 4.74 Å². The molecule has 5 heteroatoms. The maximum absolute atomic E-state index is 4.92. The van der Waals surface area contributed by atoms with Crippen molar-refractivity contribution in [1.29, 1.82) is 0 Å². The first kappa shape index (κ1) is 10.7. The minimum atomic E-state index is 0.648. The van der Waals surface area contributed by atoms with E-state index in [0.717, 1.165) is 18.9 Å². The third-order valence-electron chi connectivity index (χ3n) is 1.60. The number of aromatic nitrogens is 2. The number of nitrogens with zero attached hydrogens (tertiary/aromatic N) is 2. The van der Waals surface area contributed by atoms with Crippen LogP contribution in [0.1, 0.15) is 6.92 Å². The van der Waals surface area contributed by atoms with E-state index in [1.165, 1.54) is 0 Å². The van der Waals surface area contributed by atoms with E-state index >= 15 is 0 Å². The van der Waals surface area contributed by atoms with Crippen LogP contribution in [0.15, 0.2) is 12.3 Å². The van der Waals surface area contributed by atoms with Gasteiger partial charge >= 0.3 is 0 Å². The van der Waals surface area contributed by atoms with Crippen LogP contribution in [0.2, 0.25) is 0 Å². The Morgan fingerprint density at radius 2 is 2.29 bits per heavy atom. The van der Waals surface area contributed by atoms with Crippen LogP contribution in [0.3, 0.4) is 0 Å². The second kappa shape index (κ2) is 6.15. The summed E-state index contributed by atoms with van der Waals surface area (Å²) in [6.45, 7) is 4.25. The third kappa shape index (κ3) is 3.57. The van der Waals surface area contributed by atoms with Crippen molar-refractivity contribution < 1.29 is 4.74 Å². The molecule has 0 amide bonds.